The lowest BCUT2D eigenvalue weighted by atomic mass is 10.1. The van der Waals surface area contributed by atoms with Crippen molar-refractivity contribution in [1.29, 1.82) is 0 Å². The second-order valence-electron chi connectivity index (χ2n) is 6.03. The summed E-state index contributed by atoms with van der Waals surface area (Å²) in [7, 11) is 1.47. The number of carbonyl (C=O) groups excluding carboxylic acids is 2. The first kappa shape index (κ1) is 18.7. The molecule has 142 valence electrons. The van der Waals surface area contributed by atoms with E-state index < -0.39 is 29.5 Å². The van der Waals surface area contributed by atoms with Gasteiger partial charge in [0.25, 0.3) is 0 Å². The minimum Gasteiger partial charge on any atom is -0.481 e. The highest BCUT2D eigenvalue weighted by Crippen LogP contribution is 2.33. The maximum absolute atomic E-state index is 12.9. The summed E-state index contributed by atoms with van der Waals surface area (Å²) in [5, 5.41) is 2.65. The van der Waals surface area contributed by atoms with E-state index in [1.165, 1.54) is 30.3 Å². The zero-order valence-corrected chi connectivity index (χ0v) is 14.3. The number of nitrogens with zero attached hydrogens (tertiary/aromatic N) is 2. The van der Waals surface area contributed by atoms with Gasteiger partial charge in [-0.2, -0.15) is 13.2 Å². The number of hydrogen-bond donors (Lipinski definition) is 1. The van der Waals surface area contributed by atoms with Gasteiger partial charge in [-0.1, -0.05) is 6.07 Å². The first-order valence-electron chi connectivity index (χ1n) is 8.06. The molecular formula is C18H16F3N3O3. The Balaban J connectivity index is 1.70. The zero-order valence-electron chi connectivity index (χ0n) is 14.3. The Kier molecular flexibility index (Phi) is 5.02. The number of ether oxygens (including phenoxy) is 1. The number of pyridine rings is 1. The van der Waals surface area contributed by atoms with Gasteiger partial charge >= 0.3 is 6.18 Å². The standard InChI is InChI=1S/C18H16F3N3O3/c1-27-15-6-5-13(9-22-15)23-17(26)11-7-16(25)24(10-11)14-4-2-3-12(8-14)18(19,20)21/h2-6,8-9,11H,7,10H2,1H3,(H,23,26). The quantitative estimate of drug-likeness (QED) is 0.886. The number of aromatic nitrogens is 1. The van der Waals surface area contributed by atoms with Crippen LogP contribution in [0.15, 0.2) is 42.6 Å². The highest BCUT2D eigenvalue weighted by Gasteiger charge is 2.37. The summed E-state index contributed by atoms with van der Waals surface area (Å²) >= 11 is 0. The van der Waals surface area contributed by atoms with Gasteiger partial charge < -0.3 is 15.0 Å². The van der Waals surface area contributed by atoms with Gasteiger partial charge in [-0.25, -0.2) is 4.98 Å². The summed E-state index contributed by atoms with van der Waals surface area (Å²) in [4.78, 5) is 29.8. The van der Waals surface area contributed by atoms with E-state index in [1.807, 2.05) is 0 Å². The van der Waals surface area contributed by atoms with Gasteiger partial charge in [-0.15, -0.1) is 0 Å². The first-order valence-corrected chi connectivity index (χ1v) is 8.06. The molecule has 6 nitrogen and oxygen atoms in total. The van der Waals surface area contributed by atoms with Crippen LogP contribution in [0.4, 0.5) is 24.5 Å². The van der Waals surface area contributed by atoms with E-state index in [1.54, 1.807) is 12.1 Å². The number of anilines is 2. The molecule has 0 aliphatic carbocycles. The molecule has 27 heavy (non-hydrogen) atoms. The number of halogens is 3. The Hall–Kier alpha value is -3.10. The van der Waals surface area contributed by atoms with Crippen molar-refractivity contribution in [1.82, 2.24) is 4.98 Å². The van der Waals surface area contributed by atoms with E-state index in [0.717, 1.165) is 12.1 Å². The molecule has 0 radical (unpaired) electrons. The van der Waals surface area contributed by atoms with Gasteiger partial charge in [-0.05, 0) is 24.3 Å². The molecule has 1 atom stereocenters. The van der Waals surface area contributed by atoms with Crippen molar-refractivity contribution in [2.45, 2.75) is 12.6 Å². The summed E-state index contributed by atoms with van der Waals surface area (Å²) in [5.41, 5.74) is -0.285. The van der Waals surface area contributed by atoms with E-state index in [-0.39, 0.29) is 18.7 Å². The molecule has 1 saturated heterocycles. The molecule has 1 unspecified atom stereocenters. The van der Waals surface area contributed by atoms with Crippen LogP contribution in [0, 0.1) is 5.92 Å². The summed E-state index contributed by atoms with van der Waals surface area (Å²) in [6.07, 6.45) is -3.17. The van der Waals surface area contributed by atoms with Crippen LogP contribution in [0.2, 0.25) is 0 Å². The zero-order chi connectivity index (χ0) is 19.6. The van der Waals surface area contributed by atoms with Crippen LogP contribution in [0.25, 0.3) is 0 Å². The number of rotatable bonds is 4. The number of methoxy groups -OCH3 is 1. The van der Waals surface area contributed by atoms with Crippen molar-refractivity contribution in [3.8, 4) is 5.88 Å². The number of amides is 2. The predicted molar refractivity (Wildman–Crippen MR) is 91.3 cm³/mol. The van der Waals surface area contributed by atoms with Crippen molar-refractivity contribution in [2.75, 3.05) is 23.9 Å². The molecule has 1 aromatic heterocycles. The second kappa shape index (κ2) is 7.26. The van der Waals surface area contributed by atoms with E-state index >= 15 is 0 Å². The Morgan fingerprint density at radius 3 is 2.70 bits per heavy atom. The van der Waals surface area contributed by atoms with Gasteiger partial charge in [0.1, 0.15) is 0 Å². The average Bonchev–Trinajstić information content (AvgIpc) is 3.04. The SMILES string of the molecule is COc1ccc(NC(=O)C2CC(=O)N(c3cccc(C(F)(F)F)c3)C2)cn1. The highest BCUT2D eigenvalue weighted by molar-refractivity contribution is 6.03. The smallest absolute Gasteiger partial charge is 0.416 e. The third-order valence-electron chi connectivity index (χ3n) is 4.19. The largest absolute Gasteiger partial charge is 0.481 e. The molecule has 1 aromatic carbocycles. The van der Waals surface area contributed by atoms with Gasteiger partial charge in [0.2, 0.25) is 17.7 Å². The van der Waals surface area contributed by atoms with Crippen LogP contribution >= 0.6 is 0 Å². The number of nitrogens with one attached hydrogen (secondary N) is 1. The van der Waals surface area contributed by atoms with Crippen molar-refractivity contribution in [3.05, 3.63) is 48.2 Å². The molecule has 2 amide bonds. The minimum absolute atomic E-state index is 0.00948. The van der Waals surface area contributed by atoms with Crippen molar-refractivity contribution < 1.29 is 27.5 Å². The topological polar surface area (TPSA) is 71.5 Å². The lowest BCUT2D eigenvalue weighted by molar-refractivity contribution is -0.137. The Morgan fingerprint density at radius 2 is 2.07 bits per heavy atom. The summed E-state index contributed by atoms with van der Waals surface area (Å²) in [5.74, 6) is -1.08. The number of alkyl halides is 3. The third kappa shape index (κ3) is 4.18. The number of hydrogen-bond acceptors (Lipinski definition) is 4. The second-order valence-corrected chi connectivity index (χ2v) is 6.03. The molecule has 9 heteroatoms. The Morgan fingerprint density at radius 1 is 1.30 bits per heavy atom. The monoisotopic (exact) mass is 379 g/mol. The molecule has 1 aliphatic heterocycles. The minimum atomic E-state index is -4.50. The van der Waals surface area contributed by atoms with Crippen molar-refractivity contribution in [3.63, 3.8) is 0 Å². The molecule has 0 spiro atoms. The van der Waals surface area contributed by atoms with Crippen LogP contribution in [-0.2, 0) is 15.8 Å². The molecule has 3 rings (SSSR count). The fraction of sp³-hybridized carbons (Fsp3) is 0.278. The van der Waals surface area contributed by atoms with Crippen molar-refractivity contribution in [2.24, 2.45) is 5.92 Å². The Labute approximate surface area is 152 Å². The lowest BCUT2D eigenvalue weighted by Crippen LogP contribution is -2.28. The van der Waals surface area contributed by atoms with E-state index in [2.05, 4.69) is 10.3 Å². The average molecular weight is 379 g/mol. The van der Waals surface area contributed by atoms with Crippen LogP contribution in [-0.4, -0.2) is 30.5 Å². The molecule has 1 aliphatic rings. The summed E-state index contributed by atoms with van der Waals surface area (Å²) in [6, 6.07) is 7.68. The van der Waals surface area contributed by atoms with E-state index in [4.69, 9.17) is 4.74 Å². The number of benzene rings is 1. The molecule has 0 bridgehead atoms. The van der Waals surface area contributed by atoms with Gasteiger partial charge in [0, 0.05) is 24.7 Å². The Bertz CT molecular complexity index is 853. The highest BCUT2D eigenvalue weighted by atomic mass is 19.4. The molecule has 0 saturated carbocycles. The van der Waals surface area contributed by atoms with E-state index in [9.17, 15) is 22.8 Å². The van der Waals surface area contributed by atoms with Crippen LogP contribution in [0.3, 0.4) is 0 Å². The first-order chi connectivity index (χ1) is 12.8. The predicted octanol–water partition coefficient (Wildman–Crippen LogP) is 3.10. The lowest BCUT2D eigenvalue weighted by Gasteiger charge is -2.18. The summed E-state index contributed by atoms with van der Waals surface area (Å²) < 4.78 is 43.5. The fourth-order valence-corrected chi connectivity index (χ4v) is 2.80. The molecular weight excluding hydrogens is 363 g/mol. The fourth-order valence-electron chi connectivity index (χ4n) is 2.80. The third-order valence-corrected chi connectivity index (χ3v) is 4.19. The molecule has 2 heterocycles. The maximum atomic E-state index is 12.9. The molecule has 1 N–H and O–H groups in total. The van der Waals surface area contributed by atoms with E-state index in [0.29, 0.717) is 11.6 Å². The van der Waals surface area contributed by atoms with Crippen LogP contribution < -0.4 is 15.0 Å². The normalized spacial score (nSPS) is 17.1. The molecule has 2 aromatic rings. The van der Waals surface area contributed by atoms with Gasteiger partial charge in [0.15, 0.2) is 0 Å². The number of carbonyl (C=O) groups is 2. The van der Waals surface area contributed by atoms with Crippen LogP contribution in [0.5, 0.6) is 5.88 Å². The van der Waals surface area contributed by atoms with Gasteiger partial charge in [0.05, 0.1) is 30.5 Å². The summed E-state index contributed by atoms with van der Waals surface area (Å²) in [6.45, 7) is 0.00948. The van der Waals surface area contributed by atoms with Crippen LogP contribution in [0.1, 0.15) is 12.0 Å². The van der Waals surface area contributed by atoms with Crippen molar-refractivity contribution >= 4 is 23.2 Å². The molecule has 1 fully saturated rings. The van der Waals surface area contributed by atoms with Gasteiger partial charge in [-0.3, -0.25) is 9.59 Å². The maximum Gasteiger partial charge on any atom is 0.416 e.